The first-order valence-corrected chi connectivity index (χ1v) is 9.35. The first kappa shape index (κ1) is 24.6. The summed E-state index contributed by atoms with van der Waals surface area (Å²) in [5.74, 6) is -1.34. The Kier molecular flexibility index (Phi) is 15.4. The molecule has 1 atom stereocenters. The molecular formula is C15H31NaO5S. The van der Waals surface area contributed by atoms with E-state index in [1.807, 2.05) is 13.8 Å². The van der Waals surface area contributed by atoms with Crippen molar-refractivity contribution in [1.82, 2.24) is 0 Å². The van der Waals surface area contributed by atoms with Gasteiger partial charge in [0.2, 0.25) is 0 Å². The van der Waals surface area contributed by atoms with Gasteiger partial charge in [-0.15, -0.1) is 0 Å². The fraction of sp³-hybridized carbons (Fsp3) is 0.933. The third-order valence-electron chi connectivity index (χ3n) is 3.66. The zero-order valence-corrected chi connectivity index (χ0v) is 14.3. The molecule has 0 aliphatic heterocycles. The van der Waals surface area contributed by atoms with Crippen LogP contribution in [0.15, 0.2) is 0 Å². The van der Waals surface area contributed by atoms with Crippen LogP contribution in [0.5, 0.6) is 0 Å². The summed E-state index contributed by atoms with van der Waals surface area (Å²) < 4.78 is 33.8. The maximum atomic E-state index is 11.7. The van der Waals surface area contributed by atoms with Gasteiger partial charge in [0.1, 0.15) is 0 Å². The Morgan fingerprint density at radius 2 is 1.45 bits per heavy atom. The van der Waals surface area contributed by atoms with Crippen molar-refractivity contribution in [2.24, 2.45) is 11.8 Å². The molecule has 0 fully saturated rings. The van der Waals surface area contributed by atoms with E-state index in [2.05, 4.69) is 11.1 Å². The SMILES string of the molecule is CCCCCCCCCCC(C(=O)OS(=O)(=O)O)C(C)C.[NaH]. The number of hydrogen-bond acceptors (Lipinski definition) is 4. The summed E-state index contributed by atoms with van der Waals surface area (Å²) in [7, 11) is -4.70. The summed E-state index contributed by atoms with van der Waals surface area (Å²) in [5.41, 5.74) is 0. The molecule has 5 nitrogen and oxygen atoms in total. The Balaban J connectivity index is 0. The van der Waals surface area contributed by atoms with E-state index in [1.54, 1.807) is 0 Å². The second-order valence-corrected chi connectivity index (χ2v) is 6.97. The summed E-state index contributed by atoms with van der Waals surface area (Å²) in [6.45, 7) is 5.89. The van der Waals surface area contributed by atoms with Crippen LogP contribution < -0.4 is 0 Å². The Morgan fingerprint density at radius 3 is 1.86 bits per heavy atom. The molecule has 0 aliphatic rings. The number of unbranched alkanes of at least 4 members (excludes halogenated alkanes) is 7. The molecule has 0 aliphatic carbocycles. The Labute approximate surface area is 157 Å². The fourth-order valence-electron chi connectivity index (χ4n) is 2.39. The van der Waals surface area contributed by atoms with Crippen molar-refractivity contribution >= 4 is 45.9 Å². The third-order valence-corrected chi connectivity index (χ3v) is 4.04. The van der Waals surface area contributed by atoms with Gasteiger partial charge in [-0.1, -0.05) is 72.1 Å². The van der Waals surface area contributed by atoms with Crippen LogP contribution in [0.2, 0.25) is 0 Å². The molecule has 0 spiro atoms. The average Bonchev–Trinajstić information content (AvgIpc) is 2.34. The molecule has 0 aromatic rings. The minimum absolute atomic E-state index is 0. The molecule has 22 heavy (non-hydrogen) atoms. The summed E-state index contributed by atoms with van der Waals surface area (Å²) in [5, 5.41) is 0. The van der Waals surface area contributed by atoms with Crippen molar-refractivity contribution in [2.75, 3.05) is 0 Å². The minimum atomic E-state index is -4.70. The van der Waals surface area contributed by atoms with Crippen molar-refractivity contribution in [3.05, 3.63) is 0 Å². The maximum absolute atomic E-state index is 11.7. The van der Waals surface area contributed by atoms with Crippen LogP contribution in [0.25, 0.3) is 0 Å². The number of carbonyl (C=O) groups excluding carboxylic acids is 1. The first-order chi connectivity index (χ1) is 9.78. The quantitative estimate of drug-likeness (QED) is 0.332. The van der Waals surface area contributed by atoms with Gasteiger partial charge in [-0.2, -0.15) is 8.42 Å². The second kappa shape index (κ2) is 13.8. The zero-order valence-electron chi connectivity index (χ0n) is 13.5. The van der Waals surface area contributed by atoms with E-state index in [4.69, 9.17) is 4.55 Å². The van der Waals surface area contributed by atoms with Gasteiger partial charge in [-0.25, -0.2) is 0 Å². The van der Waals surface area contributed by atoms with E-state index in [-0.39, 0.29) is 35.5 Å². The van der Waals surface area contributed by atoms with Gasteiger partial charge >= 0.3 is 45.9 Å². The van der Waals surface area contributed by atoms with Crippen LogP contribution in [0, 0.1) is 11.8 Å². The van der Waals surface area contributed by atoms with Gasteiger partial charge in [-0.05, 0) is 12.3 Å². The van der Waals surface area contributed by atoms with Crippen molar-refractivity contribution in [3.63, 3.8) is 0 Å². The molecule has 0 saturated carbocycles. The fourth-order valence-corrected chi connectivity index (χ4v) is 2.72. The molecule has 0 amide bonds. The van der Waals surface area contributed by atoms with Crippen LogP contribution in [0.1, 0.15) is 78.6 Å². The summed E-state index contributed by atoms with van der Waals surface area (Å²) in [4.78, 5) is 11.7. The van der Waals surface area contributed by atoms with Crippen LogP contribution in [-0.4, -0.2) is 48.5 Å². The van der Waals surface area contributed by atoms with E-state index < -0.39 is 22.3 Å². The molecule has 0 aromatic heterocycles. The third kappa shape index (κ3) is 14.0. The number of hydrogen-bond donors (Lipinski definition) is 1. The van der Waals surface area contributed by atoms with Gasteiger partial charge in [-0.3, -0.25) is 9.35 Å². The van der Waals surface area contributed by atoms with Gasteiger partial charge in [0, 0.05) is 0 Å². The molecule has 128 valence electrons. The Morgan fingerprint density at radius 1 is 1.00 bits per heavy atom. The zero-order chi connectivity index (χ0) is 16.3. The monoisotopic (exact) mass is 346 g/mol. The molecule has 0 saturated heterocycles. The van der Waals surface area contributed by atoms with Crippen LogP contribution in [-0.2, 0) is 19.4 Å². The molecule has 0 rings (SSSR count). The second-order valence-electron chi connectivity index (χ2n) is 5.94. The molecule has 1 N–H and O–H groups in total. The van der Waals surface area contributed by atoms with E-state index in [1.165, 1.54) is 32.1 Å². The van der Waals surface area contributed by atoms with E-state index in [0.29, 0.717) is 6.42 Å². The van der Waals surface area contributed by atoms with Crippen molar-refractivity contribution in [3.8, 4) is 0 Å². The predicted molar refractivity (Wildman–Crippen MR) is 90.3 cm³/mol. The molecule has 1 unspecified atom stereocenters. The molecule has 0 bridgehead atoms. The molecule has 0 heterocycles. The average molecular weight is 346 g/mol. The predicted octanol–water partition coefficient (Wildman–Crippen LogP) is 3.49. The summed E-state index contributed by atoms with van der Waals surface area (Å²) in [6, 6.07) is 0. The van der Waals surface area contributed by atoms with Gasteiger partial charge < -0.3 is 4.18 Å². The van der Waals surface area contributed by atoms with Gasteiger partial charge in [0.25, 0.3) is 0 Å². The van der Waals surface area contributed by atoms with Crippen molar-refractivity contribution in [2.45, 2.75) is 78.6 Å². The normalized spacial score (nSPS) is 12.8. The molecular weight excluding hydrogens is 315 g/mol. The van der Waals surface area contributed by atoms with E-state index >= 15 is 0 Å². The Hall–Kier alpha value is 0.380. The standard InChI is InChI=1S/C15H30O5S.Na.H/c1-4-5-6-7-8-9-10-11-12-14(13(2)3)15(16)20-21(17,18)19;;/h13-14H,4-12H2,1-3H3,(H,17,18,19);;. The van der Waals surface area contributed by atoms with Crippen molar-refractivity contribution < 1.29 is 21.9 Å². The van der Waals surface area contributed by atoms with Crippen LogP contribution in [0.4, 0.5) is 0 Å². The van der Waals surface area contributed by atoms with Gasteiger partial charge in [0.05, 0.1) is 5.92 Å². The number of carbonyl (C=O) groups is 1. The van der Waals surface area contributed by atoms with E-state index in [0.717, 1.165) is 19.3 Å². The van der Waals surface area contributed by atoms with Crippen LogP contribution >= 0.6 is 0 Å². The molecule has 0 aromatic carbocycles. The van der Waals surface area contributed by atoms with E-state index in [9.17, 15) is 13.2 Å². The summed E-state index contributed by atoms with van der Waals surface area (Å²) >= 11 is 0. The van der Waals surface area contributed by atoms with Crippen LogP contribution in [0.3, 0.4) is 0 Å². The topological polar surface area (TPSA) is 80.7 Å². The summed E-state index contributed by atoms with van der Waals surface area (Å²) in [6.07, 6.45) is 9.93. The molecule has 7 heteroatoms. The van der Waals surface area contributed by atoms with Crippen molar-refractivity contribution in [1.29, 1.82) is 0 Å². The molecule has 0 radical (unpaired) electrons. The first-order valence-electron chi connectivity index (χ1n) is 7.98. The number of rotatable bonds is 12. The Bertz CT molecular complexity index is 381. The van der Waals surface area contributed by atoms with Gasteiger partial charge in [0.15, 0.2) is 0 Å².